The van der Waals surface area contributed by atoms with Gasteiger partial charge < -0.3 is 19.9 Å². The van der Waals surface area contributed by atoms with Gasteiger partial charge in [-0.2, -0.15) is 0 Å². The van der Waals surface area contributed by atoms with Crippen LogP contribution in [0.2, 0.25) is 0 Å². The van der Waals surface area contributed by atoms with E-state index < -0.39 is 12.1 Å². The van der Waals surface area contributed by atoms with Gasteiger partial charge in [0.2, 0.25) is 0 Å². The van der Waals surface area contributed by atoms with Crippen LogP contribution in [0.15, 0.2) is 54.6 Å². The first-order valence-corrected chi connectivity index (χ1v) is 11.9. The van der Waals surface area contributed by atoms with Crippen LogP contribution in [0.25, 0.3) is 0 Å². The average Bonchev–Trinajstić information content (AvgIpc) is 2.81. The number of aliphatic carboxylic acids is 1. The maximum Gasteiger partial charge on any atom is 0.333 e. The molecule has 0 aliphatic carbocycles. The fourth-order valence-corrected chi connectivity index (χ4v) is 3.71. The molecule has 1 unspecified atom stereocenters. The summed E-state index contributed by atoms with van der Waals surface area (Å²) < 4.78 is 10.9. The summed E-state index contributed by atoms with van der Waals surface area (Å²) in [4.78, 5) is 23.8. The van der Waals surface area contributed by atoms with Crippen LogP contribution in [0, 0.1) is 0 Å². The number of amides is 1. The van der Waals surface area contributed by atoms with Crippen LogP contribution in [0.5, 0.6) is 5.75 Å². The normalized spacial score (nSPS) is 12.7. The molecular weight excluding hydrogens is 418 g/mol. The molecule has 2 N–H and O–H groups in total. The Morgan fingerprint density at radius 2 is 1.61 bits per heavy atom. The highest BCUT2D eigenvalue weighted by atomic mass is 16.5. The van der Waals surface area contributed by atoms with E-state index in [-0.39, 0.29) is 25.0 Å². The number of nitrogens with one attached hydrogen (secondary N) is 1. The molecule has 0 aliphatic rings. The van der Waals surface area contributed by atoms with Crippen LogP contribution in [-0.2, 0) is 27.2 Å². The van der Waals surface area contributed by atoms with Crippen molar-refractivity contribution >= 4 is 11.9 Å². The predicted molar refractivity (Wildman–Crippen MR) is 130 cm³/mol. The summed E-state index contributed by atoms with van der Waals surface area (Å²) in [7, 11) is 0. The molecule has 33 heavy (non-hydrogen) atoms. The number of hydrogen-bond acceptors (Lipinski definition) is 4. The van der Waals surface area contributed by atoms with Gasteiger partial charge in [0.05, 0.1) is 0 Å². The van der Waals surface area contributed by atoms with Crippen molar-refractivity contribution in [2.45, 2.75) is 70.9 Å². The summed E-state index contributed by atoms with van der Waals surface area (Å²) >= 11 is 0. The van der Waals surface area contributed by atoms with Crippen molar-refractivity contribution in [3.05, 3.63) is 65.7 Å². The number of hydrogen-bond donors (Lipinski definition) is 2. The van der Waals surface area contributed by atoms with Crippen molar-refractivity contribution in [2.75, 3.05) is 13.2 Å². The minimum absolute atomic E-state index is 0.0592. The maximum atomic E-state index is 12.5. The Kier molecular flexibility index (Phi) is 12.0. The van der Waals surface area contributed by atoms with Gasteiger partial charge in [0.1, 0.15) is 5.75 Å². The first-order valence-electron chi connectivity index (χ1n) is 11.9. The van der Waals surface area contributed by atoms with Crippen LogP contribution >= 0.6 is 0 Å². The number of carboxylic acid groups (broad SMARTS) is 1. The lowest BCUT2D eigenvalue weighted by Gasteiger charge is -2.19. The zero-order valence-corrected chi connectivity index (χ0v) is 19.8. The molecule has 0 aromatic heterocycles. The summed E-state index contributed by atoms with van der Waals surface area (Å²) in [5.41, 5.74) is 2.05. The number of carbonyl (C=O) groups excluding carboxylic acids is 1. The van der Waals surface area contributed by atoms with Gasteiger partial charge in [-0.15, -0.1) is 0 Å². The minimum atomic E-state index is -0.978. The molecule has 2 atom stereocenters. The van der Waals surface area contributed by atoms with Crippen molar-refractivity contribution < 1.29 is 24.2 Å². The topological polar surface area (TPSA) is 84.9 Å². The Morgan fingerprint density at radius 1 is 0.909 bits per heavy atom. The Balaban J connectivity index is 1.85. The Labute approximate surface area is 197 Å². The van der Waals surface area contributed by atoms with Gasteiger partial charge in [-0.3, -0.25) is 4.79 Å². The Hall–Kier alpha value is -2.86. The van der Waals surface area contributed by atoms with Crippen molar-refractivity contribution in [3.8, 4) is 5.75 Å². The highest BCUT2D eigenvalue weighted by molar-refractivity contribution is 5.77. The fraction of sp³-hybridized carbons (Fsp3) is 0.481. The quantitative estimate of drug-likeness (QED) is 0.355. The van der Waals surface area contributed by atoms with E-state index in [0.29, 0.717) is 12.4 Å². The van der Waals surface area contributed by atoms with Crippen molar-refractivity contribution in [1.82, 2.24) is 5.32 Å². The van der Waals surface area contributed by atoms with Crippen molar-refractivity contribution in [3.63, 3.8) is 0 Å². The van der Waals surface area contributed by atoms with Crippen molar-refractivity contribution in [1.29, 1.82) is 0 Å². The van der Waals surface area contributed by atoms with Gasteiger partial charge in [0.15, 0.2) is 12.7 Å². The van der Waals surface area contributed by atoms with E-state index in [0.717, 1.165) is 24.8 Å². The molecule has 0 bridgehead atoms. The van der Waals surface area contributed by atoms with Gasteiger partial charge in [-0.25, -0.2) is 4.79 Å². The lowest BCUT2D eigenvalue weighted by molar-refractivity contribution is -0.150. The molecule has 0 fully saturated rings. The monoisotopic (exact) mass is 455 g/mol. The molecule has 0 aliphatic heterocycles. The molecule has 6 nitrogen and oxygen atoms in total. The van der Waals surface area contributed by atoms with Crippen LogP contribution < -0.4 is 10.1 Å². The highest BCUT2D eigenvalue weighted by Gasteiger charge is 2.18. The van der Waals surface area contributed by atoms with Crippen LogP contribution in [0.3, 0.4) is 0 Å². The predicted octanol–water partition coefficient (Wildman–Crippen LogP) is 4.80. The first kappa shape index (κ1) is 26.4. The molecule has 180 valence electrons. The molecule has 0 spiro atoms. The van der Waals surface area contributed by atoms with Gasteiger partial charge in [-0.05, 0) is 43.0 Å². The standard InChI is InChI=1S/C27H37NO5/c1-3-5-6-10-13-23(18-21-11-8-7-9-12-21)28-26(29)20-33-24-16-14-22(15-17-24)19-25(27(30)31)32-4-2/h7-9,11-12,14-17,23,25H,3-6,10,13,18-20H2,1-2H3,(H,28,29)(H,30,31)/t23?,25-/m0/s1. The number of rotatable bonds is 16. The zero-order valence-electron chi connectivity index (χ0n) is 19.8. The molecule has 0 saturated carbocycles. The number of benzene rings is 2. The van der Waals surface area contributed by atoms with Crippen LogP contribution in [0.1, 0.15) is 57.1 Å². The summed E-state index contributed by atoms with van der Waals surface area (Å²) in [5, 5.41) is 12.3. The Morgan fingerprint density at radius 3 is 2.24 bits per heavy atom. The second kappa shape index (κ2) is 15.1. The smallest absolute Gasteiger partial charge is 0.333 e. The van der Waals surface area contributed by atoms with Crippen molar-refractivity contribution in [2.24, 2.45) is 0 Å². The molecule has 2 aromatic rings. The second-order valence-electron chi connectivity index (χ2n) is 8.22. The number of carbonyl (C=O) groups is 2. The summed E-state index contributed by atoms with van der Waals surface area (Å²) in [6.45, 7) is 4.25. The molecule has 2 rings (SSSR count). The third-order valence-corrected chi connectivity index (χ3v) is 5.45. The van der Waals surface area contributed by atoms with Gasteiger partial charge in [0, 0.05) is 19.1 Å². The average molecular weight is 456 g/mol. The molecule has 6 heteroatoms. The van der Waals surface area contributed by atoms with E-state index in [1.165, 1.54) is 24.8 Å². The molecular formula is C27H37NO5. The molecule has 1 amide bonds. The van der Waals surface area contributed by atoms with Gasteiger partial charge in [-0.1, -0.05) is 75.1 Å². The van der Waals surface area contributed by atoms with E-state index in [2.05, 4.69) is 24.4 Å². The number of carboxylic acids is 1. The summed E-state index contributed by atoms with van der Waals surface area (Å²) in [6.07, 6.45) is 5.82. The Bertz CT molecular complexity index is 822. The maximum absolute atomic E-state index is 12.5. The lowest BCUT2D eigenvalue weighted by atomic mass is 10.00. The highest BCUT2D eigenvalue weighted by Crippen LogP contribution is 2.15. The SMILES string of the molecule is CCCCCCC(Cc1ccccc1)NC(=O)COc1ccc(C[C@H](OCC)C(=O)O)cc1. The van der Waals surface area contributed by atoms with Gasteiger partial charge in [0.25, 0.3) is 5.91 Å². The van der Waals surface area contributed by atoms with Gasteiger partial charge >= 0.3 is 5.97 Å². The van der Waals surface area contributed by atoms with E-state index in [9.17, 15) is 14.7 Å². The molecule has 0 saturated heterocycles. The molecule has 2 aromatic carbocycles. The van der Waals surface area contributed by atoms with Crippen LogP contribution in [0.4, 0.5) is 0 Å². The van der Waals surface area contributed by atoms with E-state index >= 15 is 0 Å². The summed E-state index contributed by atoms with van der Waals surface area (Å²) in [6, 6.07) is 17.4. The number of ether oxygens (including phenoxy) is 2. The fourth-order valence-electron chi connectivity index (χ4n) is 3.71. The van der Waals surface area contributed by atoms with E-state index in [1.54, 1.807) is 31.2 Å². The largest absolute Gasteiger partial charge is 0.484 e. The molecule has 0 heterocycles. The third-order valence-electron chi connectivity index (χ3n) is 5.45. The van der Waals surface area contributed by atoms with E-state index in [1.807, 2.05) is 18.2 Å². The second-order valence-corrected chi connectivity index (χ2v) is 8.22. The lowest BCUT2D eigenvalue weighted by Crippen LogP contribution is -2.39. The van der Waals surface area contributed by atoms with E-state index in [4.69, 9.17) is 9.47 Å². The summed E-state index contributed by atoms with van der Waals surface area (Å²) in [5.74, 6) is -0.550. The molecule has 0 radical (unpaired) electrons. The zero-order chi connectivity index (χ0) is 23.9. The van der Waals surface area contributed by atoms with Crippen LogP contribution in [-0.4, -0.2) is 42.3 Å². The third kappa shape index (κ3) is 10.5. The number of unbranched alkanes of at least 4 members (excludes halogenated alkanes) is 3. The first-order chi connectivity index (χ1) is 16.0. The minimum Gasteiger partial charge on any atom is -0.484 e.